The molecule has 1 aromatic heterocycles. The zero-order valence-corrected chi connectivity index (χ0v) is 18.5. The lowest BCUT2D eigenvalue weighted by atomic mass is 10.3. The SMILES string of the molecule is COc1ccc(-n2c(C)nnc2SCC(=O)Nc2ccc(Oc3ccccc3)cc2)cc1. The molecule has 0 aliphatic heterocycles. The number of nitrogens with zero attached hydrogens (tertiary/aromatic N) is 3. The van der Waals surface area contributed by atoms with Gasteiger partial charge in [0.25, 0.3) is 0 Å². The fraction of sp³-hybridized carbons (Fsp3) is 0.125. The Labute approximate surface area is 190 Å². The first-order chi connectivity index (χ1) is 15.6. The first kappa shape index (κ1) is 21.5. The summed E-state index contributed by atoms with van der Waals surface area (Å²) in [5, 5.41) is 11.9. The van der Waals surface area contributed by atoms with Gasteiger partial charge in [-0.15, -0.1) is 10.2 Å². The second kappa shape index (κ2) is 10.0. The second-order valence-electron chi connectivity index (χ2n) is 6.84. The summed E-state index contributed by atoms with van der Waals surface area (Å²) in [6.45, 7) is 1.88. The van der Waals surface area contributed by atoms with Gasteiger partial charge in [0.05, 0.1) is 12.9 Å². The molecular weight excluding hydrogens is 424 g/mol. The van der Waals surface area contributed by atoms with Crippen molar-refractivity contribution in [2.24, 2.45) is 0 Å². The number of ether oxygens (including phenoxy) is 2. The molecule has 0 radical (unpaired) electrons. The highest BCUT2D eigenvalue weighted by Crippen LogP contribution is 2.25. The van der Waals surface area contributed by atoms with Crippen molar-refractivity contribution in [3.63, 3.8) is 0 Å². The first-order valence-electron chi connectivity index (χ1n) is 9.94. The van der Waals surface area contributed by atoms with Gasteiger partial charge in [0.15, 0.2) is 5.16 Å². The van der Waals surface area contributed by atoms with Crippen LogP contribution in [0.1, 0.15) is 5.82 Å². The highest BCUT2D eigenvalue weighted by atomic mass is 32.2. The summed E-state index contributed by atoms with van der Waals surface area (Å²) < 4.78 is 12.9. The normalized spacial score (nSPS) is 10.6. The average molecular weight is 447 g/mol. The lowest BCUT2D eigenvalue weighted by Crippen LogP contribution is -2.14. The van der Waals surface area contributed by atoms with Gasteiger partial charge >= 0.3 is 0 Å². The summed E-state index contributed by atoms with van der Waals surface area (Å²) in [4.78, 5) is 12.5. The minimum atomic E-state index is -0.131. The van der Waals surface area contributed by atoms with Crippen molar-refractivity contribution in [1.82, 2.24) is 14.8 Å². The fourth-order valence-electron chi connectivity index (χ4n) is 3.02. The third kappa shape index (κ3) is 5.28. The van der Waals surface area contributed by atoms with Gasteiger partial charge in [0.1, 0.15) is 23.1 Å². The number of carbonyl (C=O) groups excluding carboxylic acids is 1. The largest absolute Gasteiger partial charge is 0.497 e. The highest BCUT2D eigenvalue weighted by Gasteiger charge is 2.14. The van der Waals surface area contributed by atoms with E-state index in [4.69, 9.17) is 9.47 Å². The Morgan fingerprint density at radius 1 is 0.906 bits per heavy atom. The molecule has 0 saturated carbocycles. The highest BCUT2D eigenvalue weighted by molar-refractivity contribution is 7.99. The summed E-state index contributed by atoms with van der Waals surface area (Å²) >= 11 is 1.33. The number of amides is 1. The number of aromatic nitrogens is 3. The third-order valence-corrected chi connectivity index (χ3v) is 5.50. The molecule has 0 saturated heterocycles. The number of carbonyl (C=O) groups is 1. The maximum Gasteiger partial charge on any atom is 0.234 e. The maximum atomic E-state index is 12.5. The van der Waals surface area contributed by atoms with Crippen molar-refractivity contribution in [3.8, 4) is 22.9 Å². The molecule has 0 bridgehead atoms. The number of rotatable bonds is 8. The Kier molecular flexibility index (Phi) is 6.72. The van der Waals surface area contributed by atoms with E-state index in [2.05, 4.69) is 15.5 Å². The van der Waals surface area contributed by atoms with Crippen LogP contribution in [0, 0.1) is 6.92 Å². The van der Waals surface area contributed by atoms with Crippen LogP contribution in [0.2, 0.25) is 0 Å². The van der Waals surface area contributed by atoms with E-state index in [1.807, 2.05) is 90.4 Å². The molecule has 0 fully saturated rings. The number of hydrogen-bond acceptors (Lipinski definition) is 6. The lowest BCUT2D eigenvalue weighted by Gasteiger charge is -2.10. The van der Waals surface area contributed by atoms with Crippen LogP contribution in [0.3, 0.4) is 0 Å². The van der Waals surface area contributed by atoms with E-state index in [9.17, 15) is 4.79 Å². The molecule has 0 aliphatic carbocycles. The van der Waals surface area contributed by atoms with Crippen LogP contribution < -0.4 is 14.8 Å². The molecule has 1 N–H and O–H groups in total. The molecule has 0 unspecified atom stereocenters. The minimum Gasteiger partial charge on any atom is -0.497 e. The summed E-state index contributed by atoms with van der Waals surface area (Å²) in [5.74, 6) is 3.05. The standard InChI is InChI=1S/C24H22N4O3S/c1-17-26-27-24(28(17)19-10-14-20(30-2)15-11-19)32-16-23(29)25-18-8-12-22(13-9-18)31-21-6-4-3-5-7-21/h3-15H,16H2,1-2H3,(H,25,29). The number of benzene rings is 3. The number of anilines is 1. The molecular formula is C24H22N4O3S. The van der Waals surface area contributed by atoms with Crippen LogP contribution in [0.15, 0.2) is 84.0 Å². The molecule has 32 heavy (non-hydrogen) atoms. The second-order valence-corrected chi connectivity index (χ2v) is 7.78. The van der Waals surface area contributed by atoms with Crippen molar-refractivity contribution in [1.29, 1.82) is 0 Å². The van der Waals surface area contributed by atoms with Gasteiger partial charge < -0.3 is 14.8 Å². The van der Waals surface area contributed by atoms with E-state index in [0.29, 0.717) is 16.6 Å². The van der Waals surface area contributed by atoms with Crippen molar-refractivity contribution in [2.45, 2.75) is 12.1 Å². The molecule has 3 aromatic carbocycles. The summed E-state index contributed by atoms with van der Waals surface area (Å²) in [7, 11) is 1.63. The smallest absolute Gasteiger partial charge is 0.234 e. The summed E-state index contributed by atoms with van der Waals surface area (Å²) in [6, 6.07) is 24.4. The van der Waals surface area contributed by atoms with Crippen LogP contribution in [0.5, 0.6) is 17.2 Å². The van der Waals surface area contributed by atoms with E-state index in [1.165, 1.54) is 11.8 Å². The molecule has 4 rings (SSSR count). The van der Waals surface area contributed by atoms with Crippen LogP contribution >= 0.6 is 11.8 Å². The monoisotopic (exact) mass is 446 g/mol. The van der Waals surface area contributed by atoms with Gasteiger partial charge in [0.2, 0.25) is 5.91 Å². The molecule has 1 heterocycles. The predicted molar refractivity (Wildman–Crippen MR) is 125 cm³/mol. The Morgan fingerprint density at radius 3 is 2.25 bits per heavy atom. The molecule has 4 aromatic rings. The number of aryl methyl sites for hydroxylation is 1. The van der Waals surface area contributed by atoms with Crippen molar-refractivity contribution in [3.05, 3.63) is 84.7 Å². The maximum absolute atomic E-state index is 12.5. The Hall–Kier alpha value is -3.78. The Balaban J connectivity index is 1.35. The van der Waals surface area contributed by atoms with Crippen molar-refractivity contribution in [2.75, 3.05) is 18.2 Å². The predicted octanol–water partition coefficient (Wildman–Crippen LogP) is 5.11. The van der Waals surface area contributed by atoms with Gasteiger partial charge in [-0.05, 0) is 67.6 Å². The van der Waals surface area contributed by atoms with Crippen LogP contribution in [-0.4, -0.2) is 33.5 Å². The zero-order chi connectivity index (χ0) is 22.3. The van der Waals surface area contributed by atoms with E-state index in [-0.39, 0.29) is 11.7 Å². The number of thioether (sulfide) groups is 1. The molecule has 1 amide bonds. The number of methoxy groups -OCH3 is 1. The lowest BCUT2D eigenvalue weighted by molar-refractivity contribution is -0.113. The van der Waals surface area contributed by atoms with Crippen molar-refractivity contribution < 1.29 is 14.3 Å². The van der Waals surface area contributed by atoms with Crippen LogP contribution in [0.25, 0.3) is 5.69 Å². The molecule has 162 valence electrons. The number of nitrogens with one attached hydrogen (secondary N) is 1. The van der Waals surface area contributed by atoms with E-state index < -0.39 is 0 Å². The van der Waals surface area contributed by atoms with Gasteiger partial charge in [-0.3, -0.25) is 9.36 Å². The summed E-state index contributed by atoms with van der Waals surface area (Å²) in [5.41, 5.74) is 1.61. The molecule has 0 atom stereocenters. The summed E-state index contributed by atoms with van der Waals surface area (Å²) in [6.07, 6.45) is 0. The molecule has 0 spiro atoms. The van der Waals surface area contributed by atoms with Gasteiger partial charge in [0, 0.05) is 11.4 Å². The molecule has 7 nitrogen and oxygen atoms in total. The molecule has 8 heteroatoms. The Morgan fingerprint density at radius 2 is 1.56 bits per heavy atom. The molecule has 0 aliphatic rings. The first-order valence-corrected chi connectivity index (χ1v) is 10.9. The minimum absolute atomic E-state index is 0.131. The van der Waals surface area contributed by atoms with Crippen molar-refractivity contribution >= 4 is 23.4 Å². The van der Waals surface area contributed by atoms with E-state index in [0.717, 1.165) is 23.0 Å². The van der Waals surface area contributed by atoms with E-state index >= 15 is 0 Å². The van der Waals surface area contributed by atoms with Gasteiger partial charge in [-0.2, -0.15) is 0 Å². The zero-order valence-electron chi connectivity index (χ0n) is 17.7. The fourth-order valence-corrected chi connectivity index (χ4v) is 3.82. The Bertz CT molecular complexity index is 1180. The average Bonchev–Trinajstić information content (AvgIpc) is 3.20. The van der Waals surface area contributed by atoms with Gasteiger partial charge in [-0.1, -0.05) is 30.0 Å². The topological polar surface area (TPSA) is 78.3 Å². The van der Waals surface area contributed by atoms with E-state index in [1.54, 1.807) is 7.11 Å². The number of para-hydroxylation sites is 1. The quantitative estimate of drug-likeness (QED) is 0.379. The van der Waals surface area contributed by atoms with Crippen LogP contribution in [-0.2, 0) is 4.79 Å². The third-order valence-electron chi connectivity index (χ3n) is 4.58. The number of hydrogen-bond donors (Lipinski definition) is 1. The van der Waals surface area contributed by atoms with Gasteiger partial charge in [-0.25, -0.2) is 0 Å². The van der Waals surface area contributed by atoms with Crippen LogP contribution in [0.4, 0.5) is 5.69 Å².